The number of ether oxygens (including phenoxy) is 2. The lowest BCUT2D eigenvalue weighted by Gasteiger charge is -2.23. The quantitative estimate of drug-likeness (QED) is 0.248. The smallest absolute Gasteiger partial charge is 0.301 e. The molecule has 36 heavy (non-hydrogen) atoms. The highest BCUT2D eigenvalue weighted by atomic mass is 32.1. The molecule has 0 spiro atoms. The Morgan fingerprint density at radius 3 is 2.67 bits per heavy atom. The number of ketones is 1. The molecule has 2 aromatic carbocycles. The first-order chi connectivity index (χ1) is 17.4. The number of aromatic nitrogens is 2. The van der Waals surface area contributed by atoms with Gasteiger partial charge in [-0.2, -0.15) is 0 Å². The zero-order chi connectivity index (χ0) is 25.0. The van der Waals surface area contributed by atoms with Crippen molar-refractivity contribution in [3.8, 4) is 11.5 Å². The van der Waals surface area contributed by atoms with E-state index in [-0.39, 0.29) is 11.3 Å². The van der Waals surface area contributed by atoms with E-state index < -0.39 is 17.7 Å². The average Bonchev–Trinajstić information content (AvgIpc) is 3.42. The van der Waals surface area contributed by atoms with Crippen molar-refractivity contribution in [3.63, 3.8) is 0 Å². The number of amides is 1. The summed E-state index contributed by atoms with van der Waals surface area (Å²) in [5.74, 6) is -0.814. The van der Waals surface area contributed by atoms with Gasteiger partial charge in [-0.05, 0) is 60.9 Å². The molecule has 1 unspecified atom stereocenters. The van der Waals surface area contributed by atoms with Crippen LogP contribution in [0.5, 0.6) is 11.5 Å². The molecule has 2 aromatic heterocycles. The first kappa shape index (κ1) is 22.2. The van der Waals surface area contributed by atoms with Crippen LogP contribution < -0.4 is 14.4 Å². The fourth-order valence-electron chi connectivity index (χ4n) is 4.69. The molecule has 0 bridgehead atoms. The van der Waals surface area contributed by atoms with Crippen molar-refractivity contribution >= 4 is 44.1 Å². The summed E-state index contributed by atoms with van der Waals surface area (Å²) in [6.45, 7) is 4.79. The molecule has 9 heteroatoms. The van der Waals surface area contributed by atoms with Gasteiger partial charge in [0.2, 0.25) is 0 Å². The van der Waals surface area contributed by atoms with E-state index in [0.29, 0.717) is 41.0 Å². The van der Waals surface area contributed by atoms with E-state index in [4.69, 9.17) is 14.5 Å². The Balaban J connectivity index is 1.54. The van der Waals surface area contributed by atoms with E-state index in [1.165, 1.54) is 16.2 Å². The van der Waals surface area contributed by atoms with Crippen LogP contribution >= 0.6 is 11.3 Å². The largest absolute Gasteiger partial charge is 0.507 e. The molecule has 0 saturated carbocycles. The van der Waals surface area contributed by atoms with Crippen LogP contribution in [0, 0.1) is 13.8 Å². The Hall–Kier alpha value is -4.24. The highest BCUT2D eigenvalue weighted by Crippen LogP contribution is 2.45. The van der Waals surface area contributed by atoms with Gasteiger partial charge in [0.1, 0.15) is 19.0 Å². The Morgan fingerprint density at radius 1 is 1.08 bits per heavy atom. The van der Waals surface area contributed by atoms with Gasteiger partial charge in [-0.3, -0.25) is 19.5 Å². The van der Waals surface area contributed by atoms with Crippen LogP contribution in [0.25, 0.3) is 16.0 Å². The normalized spacial score (nSPS) is 18.7. The van der Waals surface area contributed by atoms with Gasteiger partial charge in [0.05, 0.1) is 21.8 Å². The maximum absolute atomic E-state index is 13.4. The predicted molar refractivity (Wildman–Crippen MR) is 136 cm³/mol. The number of rotatable bonds is 3. The average molecular weight is 500 g/mol. The lowest BCUT2D eigenvalue weighted by Crippen LogP contribution is -2.29. The van der Waals surface area contributed by atoms with Crippen LogP contribution in [0.4, 0.5) is 5.13 Å². The zero-order valence-corrected chi connectivity index (χ0v) is 20.3. The lowest BCUT2D eigenvalue weighted by molar-refractivity contribution is -0.132. The predicted octanol–water partition coefficient (Wildman–Crippen LogP) is 4.71. The summed E-state index contributed by atoms with van der Waals surface area (Å²) in [4.78, 5) is 37.1. The minimum atomic E-state index is -0.895. The Bertz CT molecular complexity index is 1580. The number of Topliss-reactive ketones (excluding diaryl/α,β-unsaturated/α-hetero) is 1. The SMILES string of the molecule is Cc1cc(C)c2nc(N3C(=O)C(=O)/C(=C(/O)c4ccc5c(c4)OCCO5)C3c3cccnc3)sc2c1. The lowest BCUT2D eigenvalue weighted by atomic mass is 9.96. The first-order valence-electron chi connectivity index (χ1n) is 11.4. The fraction of sp³-hybridized carbons (Fsp3) is 0.185. The van der Waals surface area contributed by atoms with E-state index >= 15 is 0 Å². The molecule has 6 rings (SSSR count). The Kier molecular flexibility index (Phi) is 5.22. The third-order valence-corrected chi connectivity index (χ3v) is 7.29. The second-order valence-electron chi connectivity index (χ2n) is 8.74. The number of nitrogens with zero attached hydrogens (tertiary/aromatic N) is 3. The maximum atomic E-state index is 13.4. The van der Waals surface area contributed by atoms with Crippen molar-refractivity contribution in [3.05, 3.63) is 82.7 Å². The van der Waals surface area contributed by atoms with Crippen molar-refractivity contribution < 1.29 is 24.2 Å². The number of benzene rings is 2. The van der Waals surface area contributed by atoms with Gasteiger partial charge in [0.15, 0.2) is 16.6 Å². The molecule has 1 N–H and O–H groups in total. The number of aryl methyl sites for hydroxylation is 2. The molecule has 1 fully saturated rings. The number of hydrogen-bond acceptors (Lipinski definition) is 8. The van der Waals surface area contributed by atoms with Crippen molar-refractivity contribution in [1.29, 1.82) is 0 Å². The minimum absolute atomic E-state index is 0.0307. The van der Waals surface area contributed by atoms with Gasteiger partial charge in [-0.1, -0.05) is 23.5 Å². The molecule has 8 nitrogen and oxygen atoms in total. The molecule has 1 saturated heterocycles. The Labute approximate surface area is 210 Å². The second-order valence-corrected chi connectivity index (χ2v) is 9.75. The molecular formula is C27H21N3O5S. The van der Waals surface area contributed by atoms with Crippen LogP contribution in [0.15, 0.2) is 60.4 Å². The number of hydrogen-bond donors (Lipinski definition) is 1. The Morgan fingerprint density at radius 2 is 1.89 bits per heavy atom. The number of carbonyl (C=O) groups is 2. The van der Waals surface area contributed by atoms with Gasteiger partial charge >= 0.3 is 5.91 Å². The summed E-state index contributed by atoms with van der Waals surface area (Å²) in [7, 11) is 0. The van der Waals surface area contributed by atoms with Crippen LogP contribution in [-0.4, -0.2) is 40.0 Å². The monoisotopic (exact) mass is 499 g/mol. The van der Waals surface area contributed by atoms with Crippen molar-refractivity contribution in [1.82, 2.24) is 9.97 Å². The summed E-state index contributed by atoms with van der Waals surface area (Å²) < 4.78 is 12.1. The summed E-state index contributed by atoms with van der Waals surface area (Å²) in [5.41, 5.74) is 3.75. The number of carbonyl (C=O) groups excluding carboxylic acids is 2. The van der Waals surface area contributed by atoms with E-state index in [0.717, 1.165) is 21.3 Å². The number of aliphatic hydroxyl groups excluding tert-OH is 1. The molecule has 4 aromatic rings. The molecule has 1 amide bonds. The summed E-state index contributed by atoms with van der Waals surface area (Å²) in [6.07, 6.45) is 3.20. The van der Waals surface area contributed by atoms with Gasteiger partial charge in [0.25, 0.3) is 5.78 Å². The highest BCUT2D eigenvalue weighted by Gasteiger charge is 2.48. The van der Waals surface area contributed by atoms with E-state index in [9.17, 15) is 14.7 Å². The second kappa shape index (κ2) is 8.46. The van der Waals surface area contributed by atoms with Crippen molar-refractivity contribution in [2.24, 2.45) is 0 Å². The topological polar surface area (TPSA) is 102 Å². The molecule has 2 aliphatic rings. The highest BCUT2D eigenvalue weighted by molar-refractivity contribution is 7.22. The molecule has 0 aliphatic carbocycles. The number of anilines is 1. The van der Waals surface area contributed by atoms with E-state index in [1.54, 1.807) is 42.7 Å². The number of pyridine rings is 1. The molecular weight excluding hydrogens is 478 g/mol. The van der Waals surface area contributed by atoms with Crippen LogP contribution in [0.3, 0.4) is 0 Å². The van der Waals surface area contributed by atoms with Crippen LogP contribution in [0.1, 0.15) is 28.3 Å². The molecule has 0 radical (unpaired) electrons. The third kappa shape index (κ3) is 3.51. The van der Waals surface area contributed by atoms with Gasteiger partial charge < -0.3 is 14.6 Å². The molecule has 2 aliphatic heterocycles. The van der Waals surface area contributed by atoms with Gasteiger partial charge in [0, 0.05) is 18.0 Å². The number of fused-ring (bicyclic) bond motifs is 2. The van der Waals surface area contributed by atoms with Crippen molar-refractivity contribution in [2.45, 2.75) is 19.9 Å². The maximum Gasteiger partial charge on any atom is 0.301 e. The number of aliphatic hydroxyl groups is 1. The summed E-state index contributed by atoms with van der Waals surface area (Å²) >= 11 is 1.34. The molecule has 180 valence electrons. The van der Waals surface area contributed by atoms with E-state index in [2.05, 4.69) is 4.98 Å². The number of thiazole rings is 1. The zero-order valence-electron chi connectivity index (χ0n) is 19.5. The fourth-order valence-corrected chi connectivity index (χ4v) is 5.86. The minimum Gasteiger partial charge on any atom is -0.507 e. The summed E-state index contributed by atoms with van der Waals surface area (Å²) in [5, 5.41) is 11.8. The molecule has 4 heterocycles. The standard InChI is InChI=1S/C27H21N3O5S/c1-14-10-15(2)22-20(11-14)36-27(29-22)30-23(17-4-3-7-28-13-17)21(25(32)26(30)33)24(31)16-5-6-18-19(12-16)35-9-8-34-18/h3-7,10-13,23,31H,8-9H2,1-2H3/b24-21+. The van der Waals surface area contributed by atoms with Crippen LogP contribution in [0.2, 0.25) is 0 Å². The molecule has 1 atom stereocenters. The van der Waals surface area contributed by atoms with Crippen LogP contribution in [-0.2, 0) is 9.59 Å². The van der Waals surface area contributed by atoms with Gasteiger partial charge in [-0.25, -0.2) is 4.98 Å². The van der Waals surface area contributed by atoms with Gasteiger partial charge in [-0.15, -0.1) is 0 Å². The van der Waals surface area contributed by atoms with Crippen molar-refractivity contribution in [2.75, 3.05) is 18.1 Å². The first-order valence-corrected chi connectivity index (χ1v) is 12.2. The van der Waals surface area contributed by atoms with E-state index in [1.807, 2.05) is 26.0 Å². The third-order valence-electron chi connectivity index (χ3n) is 6.28. The summed E-state index contributed by atoms with van der Waals surface area (Å²) in [6, 6.07) is 11.6.